The Labute approximate surface area is 164 Å². The van der Waals surface area contributed by atoms with Gasteiger partial charge in [0.1, 0.15) is 12.1 Å². The number of urea groups is 1. The summed E-state index contributed by atoms with van der Waals surface area (Å²) in [6.45, 7) is 1.76. The average molecular weight is 408 g/mol. The molecule has 140 valence electrons. The Bertz CT molecular complexity index is 949. The van der Waals surface area contributed by atoms with Crippen LogP contribution in [0.15, 0.2) is 36.9 Å². The Morgan fingerprint density at radius 2 is 1.93 bits per heavy atom. The fraction of sp³-hybridized carbons (Fsp3) is 0.188. The zero-order valence-electron chi connectivity index (χ0n) is 14.3. The molecule has 0 saturated heterocycles. The first-order chi connectivity index (χ1) is 13.0. The van der Waals surface area contributed by atoms with Crippen molar-refractivity contribution in [3.05, 3.63) is 52.8 Å². The summed E-state index contributed by atoms with van der Waals surface area (Å²) >= 11 is 12.2. The summed E-state index contributed by atoms with van der Waals surface area (Å²) in [5.41, 5.74) is 0.347. The van der Waals surface area contributed by atoms with Gasteiger partial charge in [0.25, 0.3) is 5.95 Å². The molecule has 3 rings (SSSR count). The molecule has 0 fully saturated rings. The molecule has 9 nitrogen and oxygen atoms in total. The van der Waals surface area contributed by atoms with E-state index in [1.165, 1.54) is 30.3 Å². The number of nitrogens with one attached hydrogen (secondary N) is 2. The highest BCUT2D eigenvalue weighted by Crippen LogP contribution is 2.34. The lowest BCUT2D eigenvalue weighted by Crippen LogP contribution is -2.32. The van der Waals surface area contributed by atoms with E-state index in [0.717, 1.165) is 0 Å². The zero-order chi connectivity index (χ0) is 19.4. The number of methoxy groups -OCH3 is 1. The summed E-state index contributed by atoms with van der Waals surface area (Å²) in [5.74, 6) is 1.23. The van der Waals surface area contributed by atoms with Gasteiger partial charge in [-0.05, 0) is 19.1 Å². The highest BCUT2D eigenvalue weighted by Gasteiger charge is 2.19. The third-order valence-corrected chi connectivity index (χ3v) is 4.15. The maximum absolute atomic E-state index is 12.3. The van der Waals surface area contributed by atoms with Crippen molar-refractivity contribution in [3.63, 3.8) is 0 Å². The number of nitrogens with zero attached hydrogens (tertiary/aromatic N) is 5. The highest BCUT2D eigenvalue weighted by atomic mass is 35.5. The summed E-state index contributed by atoms with van der Waals surface area (Å²) in [5, 5.41) is 10.1. The van der Waals surface area contributed by atoms with Gasteiger partial charge in [0.05, 0.1) is 28.9 Å². The van der Waals surface area contributed by atoms with Crippen molar-refractivity contribution in [1.82, 2.24) is 30.0 Å². The molecule has 1 unspecified atom stereocenters. The number of amides is 2. The lowest BCUT2D eigenvalue weighted by atomic mass is 10.3. The summed E-state index contributed by atoms with van der Waals surface area (Å²) in [6, 6.07) is 3.75. The standard InChI is InChI=1S/C16H15Cl2N7O2/c1-9(14-21-8-22-25(14)15-19-4-3-5-20-15)23-16(26)24-12-6-11(18)13(27-2)7-10(12)17/h3-9H,1-2H3,(H2,23,24,26). The lowest BCUT2D eigenvalue weighted by Gasteiger charge is -2.15. The van der Waals surface area contributed by atoms with E-state index >= 15 is 0 Å². The fourth-order valence-corrected chi connectivity index (χ4v) is 2.74. The van der Waals surface area contributed by atoms with Crippen LogP contribution < -0.4 is 15.4 Å². The normalized spacial score (nSPS) is 11.7. The molecule has 0 saturated carbocycles. The van der Waals surface area contributed by atoms with E-state index < -0.39 is 12.1 Å². The van der Waals surface area contributed by atoms with Crippen molar-refractivity contribution in [2.45, 2.75) is 13.0 Å². The third-order valence-electron chi connectivity index (χ3n) is 3.54. The molecule has 1 aromatic carbocycles. The topological polar surface area (TPSA) is 107 Å². The molecule has 0 aliphatic rings. The first-order valence-corrected chi connectivity index (χ1v) is 8.53. The van der Waals surface area contributed by atoms with E-state index in [4.69, 9.17) is 27.9 Å². The Hall–Kier alpha value is -2.91. The molecule has 0 aliphatic heterocycles. The monoisotopic (exact) mass is 407 g/mol. The second-order valence-corrected chi connectivity index (χ2v) is 6.18. The zero-order valence-corrected chi connectivity index (χ0v) is 15.9. The molecule has 2 heterocycles. The van der Waals surface area contributed by atoms with Crippen LogP contribution in [0.4, 0.5) is 10.5 Å². The molecule has 2 amide bonds. The Kier molecular flexibility index (Phi) is 5.72. The fourth-order valence-electron chi connectivity index (χ4n) is 2.30. The quantitative estimate of drug-likeness (QED) is 0.671. The van der Waals surface area contributed by atoms with E-state index in [-0.39, 0.29) is 0 Å². The first-order valence-electron chi connectivity index (χ1n) is 7.77. The van der Waals surface area contributed by atoms with Gasteiger partial charge in [-0.2, -0.15) is 9.78 Å². The number of anilines is 1. The van der Waals surface area contributed by atoms with Crippen LogP contribution in [-0.4, -0.2) is 37.9 Å². The second-order valence-electron chi connectivity index (χ2n) is 5.37. The van der Waals surface area contributed by atoms with E-state index in [9.17, 15) is 4.79 Å². The third kappa shape index (κ3) is 4.26. The average Bonchev–Trinajstić information content (AvgIpc) is 3.15. The van der Waals surface area contributed by atoms with Crippen LogP contribution in [0.1, 0.15) is 18.8 Å². The summed E-state index contributed by atoms with van der Waals surface area (Å²) in [4.78, 5) is 24.8. The molecule has 11 heteroatoms. The highest BCUT2D eigenvalue weighted by molar-refractivity contribution is 6.36. The lowest BCUT2D eigenvalue weighted by molar-refractivity contribution is 0.248. The maximum atomic E-state index is 12.3. The van der Waals surface area contributed by atoms with Crippen LogP contribution in [0.2, 0.25) is 10.0 Å². The van der Waals surface area contributed by atoms with Crippen LogP contribution >= 0.6 is 23.2 Å². The molecule has 0 spiro atoms. The largest absolute Gasteiger partial charge is 0.495 e. The molecule has 1 atom stereocenters. The number of ether oxygens (including phenoxy) is 1. The van der Waals surface area contributed by atoms with Gasteiger partial charge >= 0.3 is 6.03 Å². The van der Waals surface area contributed by atoms with Gasteiger partial charge in [-0.15, -0.1) is 0 Å². The van der Waals surface area contributed by atoms with Crippen molar-refractivity contribution in [2.24, 2.45) is 0 Å². The number of benzene rings is 1. The van der Waals surface area contributed by atoms with Crippen molar-refractivity contribution in [1.29, 1.82) is 0 Å². The SMILES string of the molecule is COc1cc(Cl)c(NC(=O)NC(C)c2ncnn2-c2ncccn2)cc1Cl. The summed E-state index contributed by atoms with van der Waals surface area (Å²) in [6.07, 6.45) is 4.55. The molecule has 2 N–H and O–H groups in total. The van der Waals surface area contributed by atoms with Gasteiger partial charge in [-0.3, -0.25) is 0 Å². The number of hydrogen-bond acceptors (Lipinski definition) is 6. The Morgan fingerprint density at radius 3 is 2.63 bits per heavy atom. The van der Waals surface area contributed by atoms with Crippen LogP contribution in [-0.2, 0) is 0 Å². The molecule has 2 aromatic heterocycles. The van der Waals surface area contributed by atoms with Crippen LogP contribution in [0.3, 0.4) is 0 Å². The van der Waals surface area contributed by atoms with Crippen molar-refractivity contribution < 1.29 is 9.53 Å². The molecule has 3 aromatic rings. The predicted octanol–water partition coefficient (Wildman–Crippen LogP) is 3.26. The van der Waals surface area contributed by atoms with Gasteiger partial charge in [0.2, 0.25) is 0 Å². The van der Waals surface area contributed by atoms with Gasteiger partial charge in [0, 0.05) is 18.5 Å². The number of carbonyl (C=O) groups is 1. The molecular formula is C16H15Cl2N7O2. The molecule has 0 bridgehead atoms. The van der Waals surface area contributed by atoms with Crippen molar-refractivity contribution in [2.75, 3.05) is 12.4 Å². The van der Waals surface area contributed by atoms with E-state index in [1.807, 2.05) is 0 Å². The van der Waals surface area contributed by atoms with Crippen LogP contribution in [0, 0.1) is 0 Å². The van der Waals surface area contributed by atoms with E-state index in [1.54, 1.807) is 25.4 Å². The minimum atomic E-state index is -0.492. The number of carbonyl (C=O) groups excluding carboxylic acids is 1. The summed E-state index contributed by atoms with van der Waals surface area (Å²) in [7, 11) is 1.48. The Balaban J connectivity index is 1.72. The van der Waals surface area contributed by atoms with Crippen molar-refractivity contribution >= 4 is 34.9 Å². The molecule has 0 aliphatic carbocycles. The van der Waals surface area contributed by atoms with Crippen LogP contribution in [0.25, 0.3) is 5.95 Å². The van der Waals surface area contributed by atoms with Crippen molar-refractivity contribution in [3.8, 4) is 11.7 Å². The summed E-state index contributed by atoms with van der Waals surface area (Å²) < 4.78 is 6.53. The molecule has 0 radical (unpaired) electrons. The number of halogens is 2. The van der Waals surface area contributed by atoms with Gasteiger partial charge in [-0.25, -0.2) is 19.7 Å². The second kappa shape index (κ2) is 8.19. The van der Waals surface area contributed by atoms with Crippen LogP contribution in [0.5, 0.6) is 5.75 Å². The van der Waals surface area contributed by atoms with E-state index in [2.05, 4.69) is 30.7 Å². The molecular weight excluding hydrogens is 393 g/mol. The Morgan fingerprint density at radius 1 is 1.19 bits per heavy atom. The number of aromatic nitrogens is 5. The van der Waals surface area contributed by atoms with Gasteiger partial charge in [0.15, 0.2) is 5.82 Å². The molecule has 27 heavy (non-hydrogen) atoms. The maximum Gasteiger partial charge on any atom is 0.319 e. The number of rotatable bonds is 5. The minimum absolute atomic E-state index is 0.292. The smallest absolute Gasteiger partial charge is 0.319 e. The van der Waals surface area contributed by atoms with Gasteiger partial charge in [-0.1, -0.05) is 23.2 Å². The number of hydrogen-bond donors (Lipinski definition) is 2. The van der Waals surface area contributed by atoms with Gasteiger partial charge < -0.3 is 15.4 Å². The predicted molar refractivity (Wildman–Crippen MR) is 101 cm³/mol. The van der Waals surface area contributed by atoms with E-state index in [0.29, 0.717) is 33.3 Å². The minimum Gasteiger partial charge on any atom is -0.495 e. The first kappa shape index (κ1) is 18.9.